The van der Waals surface area contributed by atoms with E-state index in [0.29, 0.717) is 0 Å². The number of hydrogen-bond donors (Lipinski definition) is 1. The Balaban J connectivity index is -0.0000000380. The molecule has 0 radical (unpaired) electrons. The molecule has 0 fully saturated rings. The number of nitrogens with one attached hydrogen (secondary N) is 1. The van der Waals surface area contributed by atoms with Gasteiger partial charge >= 0.3 is 5.97 Å². The molecule has 0 aliphatic carbocycles. The summed E-state index contributed by atoms with van der Waals surface area (Å²) < 4.78 is 4.11. The first-order valence-corrected chi connectivity index (χ1v) is 5.80. The fraction of sp³-hybridized carbons (Fsp3) is 0.733. The third-order valence-corrected chi connectivity index (χ3v) is 1.27. The van der Waals surface area contributed by atoms with Crippen molar-refractivity contribution in [2.45, 2.75) is 49.5 Å². The number of methoxy groups -OCH3 is 1. The van der Waals surface area contributed by atoms with E-state index in [1.165, 1.54) is 46.6 Å². The third kappa shape index (κ3) is 143. The van der Waals surface area contributed by atoms with Gasteiger partial charge in [-0.3, -0.25) is 14.4 Å². The number of rotatable bonds is 0. The molecule has 0 aromatic heterocycles. The largest absolute Gasteiger partial charge is 0.469 e. The van der Waals surface area contributed by atoms with Crippen LogP contribution in [0.2, 0.25) is 0 Å². The van der Waals surface area contributed by atoms with Crippen molar-refractivity contribution in [3.63, 3.8) is 0 Å². The van der Waals surface area contributed by atoms with Gasteiger partial charge in [0.1, 0.15) is 5.78 Å². The summed E-state index contributed by atoms with van der Waals surface area (Å²) in [7, 11) is 6.40. The van der Waals surface area contributed by atoms with Crippen molar-refractivity contribution in [3.05, 3.63) is 0 Å². The van der Waals surface area contributed by atoms with E-state index >= 15 is 0 Å². The van der Waals surface area contributed by atoms with Crippen molar-refractivity contribution >= 4 is 23.6 Å². The molecule has 0 saturated heterocycles. The Morgan fingerprint density at radius 3 is 1.00 bits per heavy atom. The first-order valence-electron chi connectivity index (χ1n) is 5.80. The molecule has 0 saturated carbocycles. The molecule has 0 rings (SSSR count). The van der Waals surface area contributed by atoms with Gasteiger partial charge in [-0.2, -0.15) is 0 Å². The van der Waals surface area contributed by atoms with Crippen LogP contribution in [0, 0.1) is 0 Å². The Hall–Kier alpha value is -1.92. The number of nitrogens with zero attached hydrogens (tertiary/aromatic N) is 1. The van der Waals surface area contributed by atoms with E-state index in [9.17, 15) is 19.2 Å². The van der Waals surface area contributed by atoms with Crippen LogP contribution in [0.5, 0.6) is 0 Å². The van der Waals surface area contributed by atoms with Gasteiger partial charge < -0.3 is 19.7 Å². The molecule has 1 N–H and O–H groups in total. The molecule has 0 aromatic carbocycles. The molecule has 0 aromatic rings. The van der Waals surface area contributed by atoms with Crippen LogP contribution < -0.4 is 5.32 Å². The van der Waals surface area contributed by atoms with Crippen LogP contribution in [0.4, 0.5) is 0 Å². The highest BCUT2D eigenvalue weighted by atomic mass is 16.5. The predicted octanol–water partition coefficient (Wildman–Crippen LogP) is 1.89. The molecule has 136 valence electrons. The Labute approximate surface area is 136 Å². The summed E-state index contributed by atoms with van der Waals surface area (Å²) in [6.07, 6.45) is 0. The van der Waals surface area contributed by atoms with Crippen molar-refractivity contribution in [1.82, 2.24) is 10.2 Å². The van der Waals surface area contributed by atoms with Crippen LogP contribution in [0.25, 0.3) is 0 Å². The van der Waals surface area contributed by atoms with Crippen LogP contribution in [0.1, 0.15) is 49.5 Å². The van der Waals surface area contributed by atoms with E-state index in [2.05, 4.69) is 10.1 Å². The van der Waals surface area contributed by atoms with Gasteiger partial charge in [0, 0.05) is 41.9 Å². The second-order valence-corrected chi connectivity index (χ2v) is 3.82. The number of carbonyl (C=O) groups is 4. The fourth-order valence-corrected chi connectivity index (χ4v) is 0. The minimum absolute atomic E-state index is 0. The summed E-state index contributed by atoms with van der Waals surface area (Å²) in [5.41, 5.74) is 0. The van der Waals surface area contributed by atoms with Crippen molar-refractivity contribution in [2.75, 3.05) is 28.3 Å². The highest BCUT2D eigenvalue weighted by Crippen LogP contribution is 1.69. The number of hydrogen-bond acceptors (Lipinski definition) is 5. The van der Waals surface area contributed by atoms with E-state index < -0.39 is 0 Å². The topological polar surface area (TPSA) is 92.8 Å². The third-order valence-electron chi connectivity index (χ3n) is 1.27. The highest BCUT2D eigenvalue weighted by Gasteiger charge is 1.87. The second-order valence-electron chi connectivity index (χ2n) is 3.82. The monoisotopic (exact) mass is 324 g/mol. The SMILES string of the molecule is C.C.CC(=O)N(C)C.CC(C)=O.CNC(C)=O.COC(C)=O. The molecule has 0 bridgehead atoms. The summed E-state index contributed by atoms with van der Waals surface area (Å²) in [4.78, 5) is 40.3. The number of ether oxygens (including phenoxy) is 1. The van der Waals surface area contributed by atoms with Gasteiger partial charge in [0.2, 0.25) is 11.8 Å². The van der Waals surface area contributed by atoms with Crippen LogP contribution in [-0.2, 0) is 23.9 Å². The van der Waals surface area contributed by atoms with Gasteiger partial charge in [-0.25, -0.2) is 0 Å². The van der Waals surface area contributed by atoms with Gasteiger partial charge in [-0.1, -0.05) is 14.9 Å². The molecular formula is C15H36N2O5. The Bertz CT molecular complexity index is 272. The Kier molecular flexibility index (Phi) is 46.0. The molecule has 22 heavy (non-hydrogen) atoms. The minimum atomic E-state index is -0.245. The zero-order chi connectivity index (χ0) is 17.3. The van der Waals surface area contributed by atoms with Gasteiger partial charge in [0.25, 0.3) is 0 Å². The summed E-state index contributed by atoms with van der Waals surface area (Å²) in [5, 5.41) is 2.39. The van der Waals surface area contributed by atoms with E-state index in [-0.39, 0.29) is 38.4 Å². The first-order chi connectivity index (χ1) is 8.91. The lowest BCUT2D eigenvalue weighted by molar-refractivity contribution is -0.138. The maximum atomic E-state index is 10.1. The first kappa shape index (κ1) is 36.9. The normalized spacial score (nSPS) is 6.41. The molecule has 7 nitrogen and oxygen atoms in total. The average Bonchev–Trinajstić information content (AvgIpc) is 2.29. The molecule has 0 heterocycles. The maximum absolute atomic E-state index is 10.1. The van der Waals surface area contributed by atoms with Gasteiger partial charge in [-0.15, -0.1) is 0 Å². The van der Waals surface area contributed by atoms with E-state index in [1.54, 1.807) is 21.1 Å². The van der Waals surface area contributed by atoms with Crippen LogP contribution in [-0.4, -0.2) is 56.7 Å². The lowest BCUT2D eigenvalue weighted by atomic mass is 10.6. The fourth-order valence-electron chi connectivity index (χ4n) is 0. The van der Waals surface area contributed by atoms with Crippen LogP contribution in [0.3, 0.4) is 0 Å². The molecule has 0 spiro atoms. The van der Waals surface area contributed by atoms with Crippen molar-refractivity contribution in [1.29, 1.82) is 0 Å². The van der Waals surface area contributed by atoms with E-state index in [4.69, 9.17) is 0 Å². The quantitative estimate of drug-likeness (QED) is 0.687. The Morgan fingerprint density at radius 2 is 1.00 bits per heavy atom. The summed E-state index contributed by atoms with van der Waals surface area (Å²) in [6, 6.07) is 0. The molecular weight excluding hydrogens is 288 g/mol. The summed E-state index contributed by atoms with van der Waals surface area (Å²) >= 11 is 0. The smallest absolute Gasteiger partial charge is 0.302 e. The summed E-state index contributed by atoms with van der Waals surface area (Å²) in [5.74, 6) is 0.0185. The highest BCUT2D eigenvalue weighted by molar-refractivity contribution is 5.72. The standard InChI is InChI=1S/C4H9NO.C3H7NO.C3H6O2.C3H6O.2CH4/c1-4(6)5(2)3;1-3(5)4-2;1-3(4)5-2;1-3(2)4;;/h1-3H3;1-2H3,(H,4,5);1-2H3;1-2H3;2*1H4. The van der Waals surface area contributed by atoms with Crippen molar-refractivity contribution < 1.29 is 23.9 Å². The lowest BCUT2D eigenvalue weighted by Crippen LogP contribution is -2.17. The molecule has 7 heteroatoms. The molecule has 2 amide bonds. The average molecular weight is 324 g/mol. The zero-order valence-electron chi connectivity index (χ0n) is 14.0. The zero-order valence-corrected chi connectivity index (χ0v) is 14.0. The van der Waals surface area contributed by atoms with Gasteiger partial charge in [-0.05, 0) is 13.8 Å². The Morgan fingerprint density at radius 1 is 0.864 bits per heavy atom. The van der Waals surface area contributed by atoms with E-state index in [0.717, 1.165) is 0 Å². The molecule has 0 aliphatic rings. The predicted molar refractivity (Wildman–Crippen MR) is 91.6 cm³/mol. The van der Waals surface area contributed by atoms with E-state index in [1.807, 2.05) is 0 Å². The lowest BCUT2D eigenvalue weighted by Gasteiger charge is -2.02. The number of ketones is 1. The molecule has 0 atom stereocenters. The van der Waals surface area contributed by atoms with Crippen molar-refractivity contribution in [3.8, 4) is 0 Å². The molecule has 0 aliphatic heterocycles. The number of amides is 2. The number of carbonyl (C=O) groups excluding carboxylic acids is 4. The van der Waals surface area contributed by atoms with Gasteiger partial charge in [0.05, 0.1) is 7.11 Å². The van der Waals surface area contributed by atoms with Crippen LogP contribution in [0.15, 0.2) is 0 Å². The number of esters is 1. The summed E-state index contributed by atoms with van der Waals surface area (Å²) in [6.45, 7) is 7.42. The van der Waals surface area contributed by atoms with Crippen molar-refractivity contribution in [2.24, 2.45) is 0 Å². The van der Waals surface area contributed by atoms with Crippen LogP contribution >= 0.6 is 0 Å². The second kappa shape index (κ2) is 27.4. The maximum Gasteiger partial charge on any atom is 0.302 e. The van der Waals surface area contributed by atoms with Gasteiger partial charge in [0.15, 0.2) is 0 Å². The minimum Gasteiger partial charge on any atom is -0.469 e. The number of Topliss-reactive ketones (excluding diaryl/α,β-unsaturated/α-hetero) is 1. The molecule has 0 unspecified atom stereocenters.